The van der Waals surface area contributed by atoms with Crippen LogP contribution in [0.4, 0.5) is 16.2 Å². The largest absolute Gasteiger partial charge is 0.479 e. The maximum absolute atomic E-state index is 12.4. The van der Waals surface area contributed by atoms with Crippen LogP contribution in [0, 0.1) is 0 Å². The number of anilines is 2. The maximum atomic E-state index is 12.4. The summed E-state index contributed by atoms with van der Waals surface area (Å²) < 4.78 is 5.60. The van der Waals surface area contributed by atoms with Crippen LogP contribution < -0.4 is 20.3 Å². The fourth-order valence-electron chi connectivity index (χ4n) is 2.53. The lowest BCUT2D eigenvalue weighted by Gasteiger charge is -2.18. The van der Waals surface area contributed by atoms with Crippen molar-refractivity contribution in [2.24, 2.45) is 0 Å². The van der Waals surface area contributed by atoms with Crippen molar-refractivity contribution >= 4 is 46.5 Å². The van der Waals surface area contributed by atoms with Gasteiger partial charge in [0, 0.05) is 24.5 Å². The van der Waals surface area contributed by atoms with Crippen molar-refractivity contribution in [3.63, 3.8) is 0 Å². The van der Waals surface area contributed by atoms with Gasteiger partial charge < -0.3 is 15.4 Å². The Hall–Kier alpha value is -2.44. The molecule has 1 fully saturated rings. The van der Waals surface area contributed by atoms with E-state index in [4.69, 9.17) is 27.9 Å². The number of hydrogen-bond acceptors (Lipinski definition) is 3. The van der Waals surface area contributed by atoms with E-state index in [9.17, 15) is 9.59 Å². The molecule has 1 saturated heterocycles. The number of carbonyl (C=O) groups excluding carboxylic acids is 2. The molecule has 136 valence electrons. The Morgan fingerprint density at radius 2 is 2.04 bits per heavy atom. The molecule has 0 spiro atoms. The third-order valence-electron chi connectivity index (χ3n) is 3.87. The van der Waals surface area contributed by atoms with Gasteiger partial charge in [-0.25, -0.2) is 4.79 Å². The molecule has 8 heteroatoms. The molecule has 0 aliphatic carbocycles. The second-order valence-electron chi connectivity index (χ2n) is 5.74. The van der Waals surface area contributed by atoms with Crippen LogP contribution in [0.2, 0.25) is 10.0 Å². The van der Waals surface area contributed by atoms with E-state index >= 15 is 0 Å². The van der Waals surface area contributed by atoms with Gasteiger partial charge in [-0.3, -0.25) is 9.69 Å². The summed E-state index contributed by atoms with van der Waals surface area (Å²) >= 11 is 12.0. The van der Waals surface area contributed by atoms with Crippen LogP contribution >= 0.6 is 23.2 Å². The molecule has 0 saturated carbocycles. The predicted octanol–water partition coefficient (Wildman–Crippen LogP) is 3.93. The number of amides is 3. The minimum absolute atomic E-state index is 0.152. The summed E-state index contributed by atoms with van der Waals surface area (Å²) in [5.74, 6) is -0.00614. The smallest absolute Gasteiger partial charge is 0.321 e. The third-order valence-corrected chi connectivity index (χ3v) is 4.67. The summed E-state index contributed by atoms with van der Waals surface area (Å²) in [4.78, 5) is 25.8. The zero-order chi connectivity index (χ0) is 18.7. The topological polar surface area (TPSA) is 70.7 Å². The highest BCUT2D eigenvalue weighted by Gasteiger charge is 2.22. The van der Waals surface area contributed by atoms with Crippen LogP contribution in [0.15, 0.2) is 42.5 Å². The molecule has 0 bridgehead atoms. The van der Waals surface area contributed by atoms with Crippen LogP contribution in [-0.4, -0.2) is 31.1 Å². The molecule has 0 aromatic heterocycles. The lowest BCUT2D eigenvalue weighted by Crippen LogP contribution is -2.30. The van der Waals surface area contributed by atoms with Gasteiger partial charge in [0.1, 0.15) is 10.8 Å². The summed E-state index contributed by atoms with van der Waals surface area (Å²) in [5.41, 5.74) is 1.28. The van der Waals surface area contributed by atoms with Crippen molar-refractivity contribution in [2.75, 3.05) is 23.3 Å². The van der Waals surface area contributed by atoms with Crippen molar-refractivity contribution in [2.45, 2.75) is 13.0 Å². The molecule has 0 radical (unpaired) electrons. The van der Waals surface area contributed by atoms with E-state index in [2.05, 4.69) is 10.6 Å². The molecule has 3 rings (SSSR count). The molecule has 2 aromatic carbocycles. The summed E-state index contributed by atoms with van der Waals surface area (Å²) in [6, 6.07) is 11.9. The van der Waals surface area contributed by atoms with Crippen molar-refractivity contribution < 1.29 is 14.3 Å². The Morgan fingerprint density at radius 3 is 2.77 bits per heavy atom. The first-order valence-corrected chi connectivity index (χ1v) is 8.78. The van der Waals surface area contributed by atoms with Gasteiger partial charge in [-0.2, -0.15) is 0 Å². The van der Waals surface area contributed by atoms with E-state index in [-0.39, 0.29) is 17.0 Å². The standard InChI is InChI=1S/C18H17Cl2N3O3/c1-11(26-15-7-3-6-14(19)16(15)20)17(24)22-12-4-2-5-13(10-12)23-9-8-21-18(23)25/h2-7,10-11H,8-9H2,1H3,(H,21,25)(H,22,24). The minimum Gasteiger partial charge on any atom is -0.479 e. The van der Waals surface area contributed by atoms with Gasteiger partial charge in [0.25, 0.3) is 5.91 Å². The Balaban J connectivity index is 1.67. The molecule has 2 N–H and O–H groups in total. The van der Waals surface area contributed by atoms with E-state index in [1.54, 1.807) is 48.2 Å². The SMILES string of the molecule is CC(Oc1cccc(Cl)c1Cl)C(=O)Nc1cccc(N2CCNC2=O)c1. The highest BCUT2D eigenvalue weighted by Crippen LogP contribution is 2.32. The Labute approximate surface area is 161 Å². The lowest BCUT2D eigenvalue weighted by molar-refractivity contribution is -0.122. The molecule has 26 heavy (non-hydrogen) atoms. The van der Waals surface area contributed by atoms with Crippen LogP contribution in [0.5, 0.6) is 5.75 Å². The second kappa shape index (κ2) is 7.85. The van der Waals surface area contributed by atoms with Gasteiger partial charge in [0.15, 0.2) is 6.10 Å². The number of nitrogens with zero attached hydrogens (tertiary/aromatic N) is 1. The summed E-state index contributed by atoms with van der Waals surface area (Å²) in [6.07, 6.45) is -0.787. The normalized spacial score (nSPS) is 14.7. The number of halogens is 2. The first kappa shape index (κ1) is 18.4. The summed E-state index contributed by atoms with van der Waals surface area (Å²) in [7, 11) is 0. The predicted molar refractivity (Wildman–Crippen MR) is 102 cm³/mol. The van der Waals surface area contributed by atoms with Crippen LogP contribution in [0.3, 0.4) is 0 Å². The molecule has 1 unspecified atom stereocenters. The number of rotatable bonds is 5. The monoisotopic (exact) mass is 393 g/mol. The van der Waals surface area contributed by atoms with Gasteiger partial charge in [0.05, 0.1) is 5.02 Å². The number of benzene rings is 2. The fourth-order valence-corrected chi connectivity index (χ4v) is 2.87. The van der Waals surface area contributed by atoms with Crippen molar-refractivity contribution in [3.05, 3.63) is 52.5 Å². The van der Waals surface area contributed by atoms with E-state index in [1.807, 2.05) is 6.07 Å². The second-order valence-corrected chi connectivity index (χ2v) is 6.52. The van der Waals surface area contributed by atoms with E-state index in [0.717, 1.165) is 0 Å². The van der Waals surface area contributed by atoms with Gasteiger partial charge in [-0.15, -0.1) is 0 Å². The number of urea groups is 1. The first-order chi connectivity index (χ1) is 12.5. The molecular formula is C18H17Cl2N3O3. The quantitative estimate of drug-likeness (QED) is 0.808. The van der Waals surface area contributed by atoms with E-state index in [0.29, 0.717) is 35.2 Å². The summed E-state index contributed by atoms with van der Waals surface area (Å²) in [5, 5.41) is 6.13. The Bertz CT molecular complexity index is 844. The average molecular weight is 394 g/mol. The zero-order valence-electron chi connectivity index (χ0n) is 14.0. The van der Waals surface area contributed by atoms with Gasteiger partial charge in [0.2, 0.25) is 0 Å². The lowest BCUT2D eigenvalue weighted by atomic mass is 10.2. The van der Waals surface area contributed by atoms with Crippen LogP contribution in [0.1, 0.15) is 6.92 Å². The fraction of sp³-hybridized carbons (Fsp3) is 0.222. The number of carbonyl (C=O) groups is 2. The maximum Gasteiger partial charge on any atom is 0.321 e. The van der Waals surface area contributed by atoms with E-state index in [1.165, 1.54) is 0 Å². The molecule has 1 atom stereocenters. The molecule has 3 amide bonds. The molecule has 1 aliphatic heterocycles. The first-order valence-electron chi connectivity index (χ1n) is 8.02. The average Bonchev–Trinajstić information content (AvgIpc) is 3.05. The summed E-state index contributed by atoms with van der Waals surface area (Å²) in [6.45, 7) is 2.80. The van der Waals surface area contributed by atoms with Crippen molar-refractivity contribution in [3.8, 4) is 5.75 Å². The highest BCUT2D eigenvalue weighted by molar-refractivity contribution is 6.42. The minimum atomic E-state index is -0.787. The van der Waals surface area contributed by atoms with Crippen molar-refractivity contribution in [1.82, 2.24) is 5.32 Å². The highest BCUT2D eigenvalue weighted by atomic mass is 35.5. The number of ether oxygens (including phenoxy) is 1. The molecule has 1 heterocycles. The number of nitrogens with one attached hydrogen (secondary N) is 2. The van der Waals surface area contributed by atoms with Gasteiger partial charge >= 0.3 is 6.03 Å². The number of hydrogen-bond donors (Lipinski definition) is 2. The zero-order valence-corrected chi connectivity index (χ0v) is 15.5. The molecular weight excluding hydrogens is 377 g/mol. The van der Waals surface area contributed by atoms with Crippen LogP contribution in [0.25, 0.3) is 0 Å². The van der Waals surface area contributed by atoms with Gasteiger partial charge in [-0.1, -0.05) is 35.3 Å². The van der Waals surface area contributed by atoms with Crippen LogP contribution in [-0.2, 0) is 4.79 Å². The molecule has 6 nitrogen and oxygen atoms in total. The van der Waals surface area contributed by atoms with Crippen molar-refractivity contribution in [1.29, 1.82) is 0 Å². The third kappa shape index (κ3) is 4.03. The Kier molecular flexibility index (Phi) is 5.54. The Morgan fingerprint density at radius 1 is 1.27 bits per heavy atom. The van der Waals surface area contributed by atoms with E-state index < -0.39 is 6.10 Å². The van der Waals surface area contributed by atoms with Gasteiger partial charge in [-0.05, 0) is 37.3 Å². The molecule has 1 aliphatic rings. The molecule has 2 aromatic rings.